The van der Waals surface area contributed by atoms with Gasteiger partial charge in [-0.2, -0.15) is 0 Å². The molecular weight excluding hydrogens is 142 g/mol. The maximum absolute atomic E-state index is 11.0. The molecule has 0 aliphatic carbocycles. The number of nitrogens with zero attached hydrogens (tertiary/aromatic N) is 1. The van der Waals surface area contributed by atoms with Gasteiger partial charge in [-0.1, -0.05) is 6.92 Å². The molecule has 1 aliphatic heterocycles. The normalized spacial score (nSPS) is 17.9. The van der Waals surface area contributed by atoms with Crippen molar-refractivity contribution < 1.29 is 4.79 Å². The van der Waals surface area contributed by atoms with Crippen LogP contribution in [0.3, 0.4) is 0 Å². The van der Waals surface area contributed by atoms with Crippen LogP contribution in [-0.2, 0) is 4.79 Å². The Hall–Kier alpha value is -0.610. The van der Waals surface area contributed by atoms with Gasteiger partial charge in [0, 0.05) is 26.1 Å². The van der Waals surface area contributed by atoms with E-state index in [0.717, 1.165) is 26.2 Å². The van der Waals surface area contributed by atoms with Crippen LogP contribution in [-0.4, -0.2) is 37.1 Å². The second-order valence-corrected chi connectivity index (χ2v) is 2.56. The molecule has 0 bridgehead atoms. The van der Waals surface area contributed by atoms with Gasteiger partial charge in [0.25, 0.3) is 0 Å². The van der Waals surface area contributed by atoms with E-state index in [1.54, 1.807) is 5.01 Å². The summed E-state index contributed by atoms with van der Waals surface area (Å²) >= 11 is 0. The predicted molar refractivity (Wildman–Crippen MR) is 42.9 cm³/mol. The third-order valence-electron chi connectivity index (χ3n) is 1.70. The van der Waals surface area contributed by atoms with Crippen molar-refractivity contribution in [3.05, 3.63) is 0 Å². The van der Waals surface area contributed by atoms with Crippen LogP contribution in [0.2, 0.25) is 0 Å². The average Bonchev–Trinajstić information content (AvgIpc) is 2.37. The van der Waals surface area contributed by atoms with E-state index < -0.39 is 0 Å². The molecule has 0 aromatic carbocycles. The summed E-state index contributed by atoms with van der Waals surface area (Å²) in [5, 5.41) is 4.84. The highest BCUT2D eigenvalue weighted by Crippen LogP contribution is 1.96. The van der Waals surface area contributed by atoms with Crippen LogP contribution >= 0.6 is 0 Å². The molecule has 1 heterocycles. The highest BCUT2D eigenvalue weighted by atomic mass is 16.2. The van der Waals surface area contributed by atoms with Crippen LogP contribution in [0, 0.1) is 0 Å². The molecule has 1 fully saturated rings. The van der Waals surface area contributed by atoms with Crippen LogP contribution in [0.5, 0.6) is 0 Å². The molecule has 1 rings (SSSR count). The molecular formula is C7H15N3O. The SMILES string of the molecule is CCNCCN1NCCC1=O. The van der Waals surface area contributed by atoms with Crippen LogP contribution in [0.4, 0.5) is 0 Å². The number of carbonyl (C=O) groups is 1. The minimum Gasteiger partial charge on any atom is -0.315 e. The zero-order valence-corrected chi connectivity index (χ0v) is 6.89. The van der Waals surface area contributed by atoms with Gasteiger partial charge in [-0.05, 0) is 6.54 Å². The maximum Gasteiger partial charge on any atom is 0.238 e. The highest BCUT2D eigenvalue weighted by molar-refractivity contribution is 5.77. The van der Waals surface area contributed by atoms with Gasteiger partial charge in [0.1, 0.15) is 0 Å². The third kappa shape index (κ3) is 2.48. The molecule has 0 saturated carbocycles. The van der Waals surface area contributed by atoms with Crippen molar-refractivity contribution in [1.82, 2.24) is 15.8 Å². The molecule has 0 aromatic rings. The second-order valence-electron chi connectivity index (χ2n) is 2.56. The summed E-state index contributed by atoms with van der Waals surface area (Å²) in [7, 11) is 0. The van der Waals surface area contributed by atoms with Gasteiger partial charge in [0.15, 0.2) is 0 Å². The van der Waals surface area contributed by atoms with E-state index in [1.165, 1.54) is 0 Å². The van der Waals surface area contributed by atoms with Gasteiger partial charge in [-0.15, -0.1) is 0 Å². The first-order chi connectivity index (χ1) is 5.34. The molecule has 0 atom stereocenters. The summed E-state index contributed by atoms with van der Waals surface area (Å²) in [5.74, 6) is 0.211. The zero-order chi connectivity index (χ0) is 8.10. The molecule has 0 spiro atoms. The molecule has 1 aliphatic rings. The highest BCUT2D eigenvalue weighted by Gasteiger charge is 2.18. The number of carbonyl (C=O) groups excluding carboxylic acids is 1. The number of hydrogen-bond donors (Lipinski definition) is 2. The predicted octanol–water partition coefficient (Wildman–Crippen LogP) is -0.667. The van der Waals surface area contributed by atoms with Crippen molar-refractivity contribution in [2.24, 2.45) is 0 Å². The van der Waals surface area contributed by atoms with Gasteiger partial charge in [0.2, 0.25) is 5.91 Å². The van der Waals surface area contributed by atoms with Crippen molar-refractivity contribution in [2.45, 2.75) is 13.3 Å². The quantitative estimate of drug-likeness (QED) is 0.532. The van der Waals surface area contributed by atoms with Gasteiger partial charge in [-0.25, -0.2) is 5.43 Å². The van der Waals surface area contributed by atoms with Gasteiger partial charge in [0.05, 0.1) is 0 Å². The van der Waals surface area contributed by atoms with Crippen LogP contribution in [0.1, 0.15) is 13.3 Å². The second kappa shape index (κ2) is 4.31. The smallest absolute Gasteiger partial charge is 0.238 e. The Bertz CT molecular complexity index is 138. The molecule has 11 heavy (non-hydrogen) atoms. The molecule has 2 N–H and O–H groups in total. The van der Waals surface area contributed by atoms with Gasteiger partial charge < -0.3 is 5.32 Å². The molecule has 1 saturated heterocycles. The summed E-state index contributed by atoms with van der Waals surface area (Å²) in [6.45, 7) is 5.45. The summed E-state index contributed by atoms with van der Waals surface area (Å²) in [6, 6.07) is 0. The molecule has 64 valence electrons. The van der Waals surface area contributed by atoms with Crippen molar-refractivity contribution in [1.29, 1.82) is 0 Å². The molecule has 4 nitrogen and oxygen atoms in total. The first kappa shape index (κ1) is 8.49. The Morgan fingerprint density at radius 3 is 3.09 bits per heavy atom. The van der Waals surface area contributed by atoms with Crippen LogP contribution < -0.4 is 10.7 Å². The van der Waals surface area contributed by atoms with E-state index in [1.807, 2.05) is 0 Å². The number of rotatable bonds is 4. The van der Waals surface area contributed by atoms with Crippen molar-refractivity contribution >= 4 is 5.91 Å². The number of likely N-dealkylation sites (N-methyl/N-ethyl adjacent to an activating group) is 1. The Balaban J connectivity index is 2.10. The molecule has 0 aromatic heterocycles. The molecule has 0 unspecified atom stereocenters. The third-order valence-corrected chi connectivity index (χ3v) is 1.70. The average molecular weight is 157 g/mol. The Morgan fingerprint density at radius 1 is 1.73 bits per heavy atom. The summed E-state index contributed by atoms with van der Waals surface area (Å²) in [6.07, 6.45) is 0.645. The van der Waals surface area contributed by atoms with Crippen molar-refractivity contribution in [3.8, 4) is 0 Å². The summed E-state index contributed by atoms with van der Waals surface area (Å²) in [5.41, 5.74) is 3.01. The summed E-state index contributed by atoms with van der Waals surface area (Å²) < 4.78 is 0. The van der Waals surface area contributed by atoms with Crippen LogP contribution in [0.25, 0.3) is 0 Å². The molecule has 4 heteroatoms. The van der Waals surface area contributed by atoms with Crippen LogP contribution in [0.15, 0.2) is 0 Å². The van der Waals surface area contributed by atoms with Crippen molar-refractivity contribution in [3.63, 3.8) is 0 Å². The number of nitrogens with one attached hydrogen (secondary N) is 2. The first-order valence-corrected chi connectivity index (χ1v) is 4.09. The van der Waals surface area contributed by atoms with E-state index in [-0.39, 0.29) is 5.91 Å². The number of hydrazine groups is 1. The van der Waals surface area contributed by atoms with E-state index in [4.69, 9.17) is 0 Å². The van der Waals surface area contributed by atoms with Gasteiger partial charge >= 0.3 is 0 Å². The zero-order valence-electron chi connectivity index (χ0n) is 6.89. The lowest BCUT2D eigenvalue weighted by atomic mass is 10.4. The Kier molecular flexibility index (Phi) is 3.32. The Morgan fingerprint density at radius 2 is 2.55 bits per heavy atom. The maximum atomic E-state index is 11.0. The molecule has 1 amide bonds. The topological polar surface area (TPSA) is 44.4 Å². The van der Waals surface area contributed by atoms with Crippen molar-refractivity contribution in [2.75, 3.05) is 26.2 Å². The minimum absolute atomic E-state index is 0.211. The van der Waals surface area contributed by atoms with E-state index >= 15 is 0 Å². The fourth-order valence-electron chi connectivity index (χ4n) is 1.09. The molecule has 0 radical (unpaired) electrons. The summed E-state index contributed by atoms with van der Waals surface area (Å²) in [4.78, 5) is 11.0. The lowest BCUT2D eigenvalue weighted by Gasteiger charge is -2.15. The monoisotopic (exact) mass is 157 g/mol. The Labute approximate surface area is 66.9 Å². The lowest BCUT2D eigenvalue weighted by molar-refractivity contribution is -0.129. The van der Waals surface area contributed by atoms with E-state index in [0.29, 0.717) is 6.42 Å². The number of hydrogen-bond acceptors (Lipinski definition) is 3. The number of amides is 1. The van der Waals surface area contributed by atoms with E-state index in [9.17, 15) is 4.79 Å². The van der Waals surface area contributed by atoms with E-state index in [2.05, 4.69) is 17.7 Å². The fourth-order valence-corrected chi connectivity index (χ4v) is 1.09. The first-order valence-electron chi connectivity index (χ1n) is 4.09. The standard InChI is InChI=1S/C7H15N3O/c1-2-8-5-6-10-7(11)3-4-9-10/h8-9H,2-6H2,1H3. The fraction of sp³-hybridized carbons (Fsp3) is 0.857. The minimum atomic E-state index is 0.211. The largest absolute Gasteiger partial charge is 0.315 e. The van der Waals surface area contributed by atoms with Gasteiger partial charge in [-0.3, -0.25) is 9.80 Å². The lowest BCUT2D eigenvalue weighted by Crippen LogP contribution is -2.39.